The zero-order chi connectivity index (χ0) is 22.4. The molecular formula is C22H17F2N5O2. The number of carbonyl (C=O) groups excluding carboxylic acids is 1. The molecule has 4 N–H and O–H groups in total. The maximum absolute atomic E-state index is 13.4. The van der Waals surface area contributed by atoms with Crippen LogP contribution in [0.25, 0.3) is 0 Å². The number of halogens is 2. The molecule has 0 fully saturated rings. The third-order valence-corrected chi connectivity index (χ3v) is 4.29. The molecule has 1 heterocycles. The quantitative estimate of drug-likeness (QED) is 0.332. The van der Waals surface area contributed by atoms with Crippen molar-refractivity contribution in [3.63, 3.8) is 0 Å². The average molecular weight is 421 g/mol. The number of aromatic nitrogens is 2. The molecule has 0 spiro atoms. The van der Waals surface area contributed by atoms with Crippen LogP contribution in [0.1, 0.15) is 27.0 Å². The van der Waals surface area contributed by atoms with Gasteiger partial charge in [-0.05, 0) is 29.8 Å². The minimum atomic E-state index is -1.03. The highest BCUT2D eigenvalue weighted by Crippen LogP contribution is 2.11. The van der Waals surface area contributed by atoms with Crippen LogP contribution < -0.4 is 16.6 Å². The summed E-state index contributed by atoms with van der Waals surface area (Å²) >= 11 is 0. The average Bonchev–Trinajstić information content (AvgIpc) is 2.75. The molecule has 0 atom stereocenters. The van der Waals surface area contributed by atoms with Gasteiger partial charge in [-0.2, -0.15) is 0 Å². The minimum absolute atomic E-state index is 0.0252. The van der Waals surface area contributed by atoms with Crippen LogP contribution in [0.4, 0.5) is 14.5 Å². The smallest absolute Gasteiger partial charge is 0.266 e. The number of nitrogens with zero attached hydrogens (tertiary/aromatic N) is 2. The second kappa shape index (κ2) is 9.45. The normalized spacial score (nSPS) is 10.1. The SMILES string of the molecule is N=Cc1ccc(C#CCNC(=O)c2cncn(Cc3ccc(F)c(F)c3)c2=O)cc1N. The number of carbonyl (C=O) groups is 1. The molecule has 0 aliphatic heterocycles. The number of nitrogens with one attached hydrogen (secondary N) is 2. The zero-order valence-corrected chi connectivity index (χ0v) is 16.2. The summed E-state index contributed by atoms with van der Waals surface area (Å²) < 4.78 is 27.6. The van der Waals surface area contributed by atoms with Crippen LogP contribution in [0.2, 0.25) is 0 Å². The largest absolute Gasteiger partial charge is 0.398 e. The van der Waals surface area contributed by atoms with Crippen LogP contribution in [-0.4, -0.2) is 28.2 Å². The Hall–Kier alpha value is -4.32. The van der Waals surface area contributed by atoms with Crippen LogP contribution in [0, 0.1) is 28.9 Å². The van der Waals surface area contributed by atoms with Gasteiger partial charge in [0.1, 0.15) is 5.56 Å². The van der Waals surface area contributed by atoms with Crippen LogP contribution in [0.5, 0.6) is 0 Å². The minimum Gasteiger partial charge on any atom is -0.398 e. The van der Waals surface area contributed by atoms with Crippen molar-refractivity contribution in [3.8, 4) is 11.8 Å². The van der Waals surface area contributed by atoms with E-state index in [0.29, 0.717) is 22.4 Å². The number of anilines is 1. The zero-order valence-electron chi connectivity index (χ0n) is 16.2. The predicted octanol–water partition coefficient (Wildman–Crippen LogP) is 1.93. The van der Waals surface area contributed by atoms with E-state index >= 15 is 0 Å². The van der Waals surface area contributed by atoms with Crippen molar-refractivity contribution >= 4 is 17.8 Å². The van der Waals surface area contributed by atoms with Crippen LogP contribution in [0.3, 0.4) is 0 Å². The molecule has 3 aromatic rings. The van der Waals surface area contributed by atoms with Gasteiger partial charge >= 0.3 is 0 Å². The first-order chi connectivity index (χ1) is 14.9. The Bertz CT molecular complexity index is 1270. The van der Waals surface area contributed by atoms with Gasteiger partial charge in [-0.15, -0.1) is 0 Å². The number of nitrogens with two attached hydrogens (primary N) is 1. The van der Waals surface area contributed by atoms with Gasteiger partial charge in [0.2, 0.25) is 0 Å². The summed E-state index contributed by atoms with van der Waals surface area (Å²) in [7, 11) is 0. The lowest BCUT2D eigenvalue weighted by atomic mass is 10.1. The monoisotopic (exact) mass is 421 g/mol. The van der Waals surface area contributed by atoms with E-state index < -0.39 is 23.1 Å². The van der Waals surface area contributed by atoms with E-state index in [1.165, 1.54) is 12.4 Å². The van der Waals surface area contributed by atoms with Gasteiger partial charge in [0, 0.05) is 29.2 Å². The Morgan fingerprint density at radius 1 is 1.23 bits per heavy atom. The summed E-state index contributed by atoms with van der Waals surface area (Å²) in [5.74, 6) is 2.90. The van der Waals surface area contributed by atoms with Crippen LogP contribution in [-0.2, 0) is 6.54 Å². The number of amides is 1. The number of hydrogen-bond donors (Lipinski definition) is 3. The Balaban J connectivity index is 1.68. The number of nitrogen functional groups attached to an aromatic ring is 1. The fourth-order valence-corrected chi connectivity index (χ4v) is 2.70. The van der Waals surface area contributed by atoms with Gasteiger partial charge in [0.25, 0.3) is 11.5 Å². The number of benzene rings is 2. The lowest BCUT2D eigenvalue weighted by Gasteiger charge is -2.08. The molecule has 31 heavy (non-hydrogen) atoms. The van der Waals surface area contributed by atoms with Crippen LogP contribution >= 0.6 is 0 Å². The van der Waals surface area contributed by atoms with Gasteiger partial charge in [0.05, 0.1) is 19.4 Å². The van der Waals surface area contributed by atoms with Crippen molar-refractivity contribution in [2.45, 2.75) is 6.54 Å². The fourth-order valence-electron chi connectivity index (χ4n) is 2.70. The second-order valence-electron chi connectivity index (χ2n) is 6.46. The number of rotatable bonds is 5. The van der Waals surface area contributed by atoms with Crippen molar-refractivity contribution in [1.82, 2.24) is 14.9 Å². The summed E-state index contributed by atoms with van der Waals surface area (Å²) in [6.07, 6.45) is 3.48. The second-order valence-corrected chi connectivity index (χ2v) is 6.46. The molecule has 0 aliphatic rings. The highest BCUT2D eigenvalue weighted by molar-refractivity contribution is 5.93. The molecule has 0 saturated carbocycles. The highest BCUT2D eigenvalue weighted by atomic mass is 19.2. The highest BCUT2D eigenvalue weighted by Gasteiger charge is 2.13. The van der Waals surface area contributed by atoms with E-state index in [-0.39, 0.29) is 18.7 Å². The molecule has 0 radical (unpaired) electrons. The molecule has 0 unspecified atom stereocenters. The first kappa shape index (κ1) is 21.4. The first-order valence-electron chi connectivity index (χ1n) is 9.04. The lowest BCUT2D eigenvalue weighted by Crippen LogP contribution is -2.33. The lowest BCUT2D eigenvalue weighted by molar-refractivity contribution is 0.0956. The standard InChI is InChI=1S/C22H17F2N5O2/c23-18-6-4-15(8-19(18)24)12-29-13-27-11-17(22(29)31)21(30)28-7-1-2-14-3-5-16(10-25)20(26)9-14/h3-6,8-11,13,25H,7,12,26H2,(H,28,30). The summed E-state index contributed by atoms with van der Waals surface area (Å²) in [4.78, 5) is 28.7. The third-order valence-electron chi connectivity index (χ3n) is 4.29. The van der Waals surface area contributed by atoms with E-state index in [9.17, 15) is 18.4 Å². The topological polar surface area (TPSA) is 114 Å². The maximum Gasteiger partial charge on any atom is 0.266 e. The van der Waals surface area contributed by atoms with Crippen LogP contribution in [0.15, 0.2) is 53.7 Å². The Morgan fingerprint density at radius 3 is 2.74 bits per heavy atom. The van der Waals surface area contributed by atoms with Gasteiger partial charge in [-0.1, -0.05) is 24.0 Å². The maximum atomic E-state index is 13.4. The summed E-state index contributed by atoms with van der Waals surface area (Å²) in [6.45, 7) is -0.0975. The van der Waals surface area contributed by atoms with Gasteiger partial charge < -0.3 is 16.5 Å². The predicted molar refractivity (Wildman–Crippen MR) is 112 cm³/mol. The molecule has 1 amide bonds. The van der Waals surface area contributed by atoms with E-state index in [0.717, 1.165) is 29.1 Å². The Labute approximate surface area is 176 Å². The fraction of sp³-hybridized carbons (Fsp3) is 0.0909. The molecule has 9 heteroatoms. The third kappa shape index (κ3) is 5.19. The Morgan fingerprint density at radius 2 is 2.03 bits per heavy atom. The van der Waals surface area contributed by atoms with Crippen molar-refractivity contribution < 1.29 is 13.6 Å². The molecular weight excluding hydrogens is 404 g/mol. The molecule has 0 bridgehead atoms. The van der Waals surface area contributed by atoms with E-state index in [1.54, 1.807) is 18.2 Å². The Kier molecular flexibility index (Phi) is 6.52. The molecule has 0 aliphatic carbocycles. The summed E-state index contributed by atoms with van der Waals surface area (Å²) in [5.41, 5.74) is 6.93. The first-order valence-corrected chi connectivity index (χ1v) is 9.04. The molecule has 3 rings (SSSR count). The molecule has 0 saturated heterocycles. The van der Waals surface area contributed by atoms with Gasteiger partial charge in [0.15, 0.2) is 11.6 Å². The molecule has 2 aromatic carbocycles. The van der Waals surface area contributed by atoms with E-state index in [4.69, 9.17) is 11.1 Å². The number of hydrogen-bond acceptors (Lipinski definition) is 5. The molecule has 7 nitrogen and oxygen atoms in total. The van der Waals surface area contributed by atoms with Crippen molar-refractivity contribution in [2.24, 2.45) is 0 Å². The summed E-state index contributed by atoms with van der Waals surface area (Å²) in [5, 5.41) is 9.72. The summed E-state index contributed by atoms with van der Waals surface area (Å²) in [6, 6.07) is 8.26. The van der Waals surface area contributed by atoms with Crippen molar-refractivity contribution in [2.75, 3.05) is 12.3 Å². The molecule has 1 aromatic heterocycles. The van der Waals surface area contributed by atoms with Crippen molar-refractivity contribution in [1.29, 1.82) is 5.41 Å². The van der Waals surface area contributed by atoms with Gasteiger partial charge in [-0.3, -0.25) is 14.2 Å². The van der Waals surface area contributed by atoms with Crippen molar-refractivity contribution in [3.05, 3.63) is 93.2 Å². The van der Waals surface area contributed by atoms with E-state index in [1.807, 2.05) is 0 Å². The molecule has 156 valence electrons. The van der Waals surface area contributed by atoms with E-state index in [2.05, 4.69) is 22.1 Å². The van der Waals surface area contributed by atoms with Gasteiger partial charge in [-0.25, -0.2) is 13.8 Å².